The van der Waals surface area contributed by atoms with Crippen molar-refractivity contribution in [2.75, 3.05) is 13.2 Å². The summed E-state index contributed by atoms with van der Waals surface area (Å²) in [6.45, 7) is 1.13. The Bertz CT molecular complexity index is 280. The fraction of sp³-hybridized carbons (Fsp3) is 0.250. The van der Waals surface area contributed by atoms with E-state index in [4.69, 9.17) is 10.5 Å². The van der Waals surface area contributed by atoms with Gasteiger partial charge in [-0.05, 0) is 79.9 Å². The Morgan fingerprint density at radius 1 is 1.15 bits per heavy atom. The molecule has 0 spiro atoms. The molecule has 0 unspecified atom stereocenters. The lowest BCUT2D eigenvalue weighted by Gasteiger charge is -2.09. The Balaban J connectivity index is 2.92. The van der Waals surface area contributed by atoms with Gasteiger partial charge in [0.2, 0.25) is 0 Å². The number of hydrogen-bond acceptors (Lipinski definition) is 2. The maximum Gasteiger partial charge on any atom is 0.146 e. The largest absolute Gasteiger partial charge is 0.490 e. The van der Waals surface area contributed by atoms with Crippen molar-refractivity contribution in [3.63, 3.8) is 0 Å². The molecule has 0 amide bonds. The average molecular weight is 515 g/mol. The summed E-state index contributed by atoms with van der Waals surface area (Å²) in [6, 6.07) is 4.18. The van der Waals surface area contributed by atoms with Crippen LogP contribution in [0.2, 0.25) is 0 Å². The normalized spacial score (nSPS) is 10.2. The molecule has 1 rings (SSSR count). The lowest BCUT2D eigenvalue weighted by Crippen LogP contribution is -2.11. The first-order valence-corrected chi connectivity index (χ1v) is 6.86. The molecule has 0 bridgehead atoms. The van der Waals surface area contributed by atoms with E-state index in [1.807, 2.05) is 0 Å². The Labute approximate surface area is 118 Å². The van der Waals surface area contributed by atoms with E-state index < -0.39 is 0 Å². The lowest BCUT2D eigenvalue weighted by molar-refractivity contribution is 0.323. The molecule has 1 aromatic rings. The fourth-order valence-electron chi connectivity index (χ4n) is 0.828. The summed E-state index contributed by atoms with van der Waals surface area (Å²) in [5, 5.41) is 0. The number of hydrogen-bond donors (Lipinski definition) is 1. The third kappa shape index (κ3) is 3.67. The van der Waals surface area contributed by atoms with Gasteiger partial charge in [0.15, 0.2) is 0 Å². The molecule has 0 saturated carbocycles. The maximum absolute atomic E-state index is 5.53. The summed E-state index contributed by atoms with van der Waals surface area (Å²) >= 11 is 6.85. The molecule has 0 heterocycles. The molecule has 0 aromatic heterocycles. The number of benzene rings is 1. The second-order valence-corrected chi connectivity index (χ2v) is 5.91. The Morgan fingerprint density at radius 2 is 1.69 bits per heavy atom. The van der Waals surface area contributed by atoms with Gasteiger partial charge in [-0.25, -0.2) is 0 Å². The molecule has 13 heavy (non-hydrogen) atoms. The van der Waals surface area contributed by atoms with E-state index in [1.165, 1.54) is 3.57 Å². The molecular weight excluding hydrogens is 507 g/mol. The number of nitrogens with two attached hydrogens (primary N) is 1. The standard InChI is InChI=1S/C8H8I3NO/c9-5-3-6(10)8(7(11)4-5)13-2-1-12/h3-4H,1-2,12H2. The Hall–Kier alpha value is 1.17. The van der Waals surface area contributed by atoms with Crippen LogP contribution in [0.25, 0.3) is 0 Å². The van der Waals surface area contributed by atoms with Gasteiger partial charge in [-0.3, -0.25) is 0 Å². The smallest absolute Gasteiger partial charge is 0.146 e. The highest BCUT2D eigenvalue weighted by Crippen LogP contribution is 2.29. The predicted molar refractivity (Wildman–Crippen MR) is 79.1 cm³/mol. The van der Waals surface area contributed by atoms with Crippen molar-refractivity contribution in [2.45, 2.75) is 0 Å². The molecule has 0 saturated heterocycles. The lowest BCUT2D eigenvalue weighted by atomic mass is 10.3. The zero-order valence-corrected chi connectivity index (χ0v) is 13.2. The SMILES string of the molecule is NCCOc1c(I)cc(I)cc1I. The van der Waals surface area contributed by atoms with Crippen molar-refractivity contribution >= 4 is 67.8 Å². The number of halogens is 3. The molecule has 2 N–H and O–H groups in total. The quantitative estimate of drug-likeness (QED) is 0.630. The molecule has 0 radical (unpaired) electrons. The summed E-state index contributed by atoms with van der Waals surface area (Å²) in [4.78, 5) is 0. The minimum atomic E-state index is 0.554. The van der Waals surface area contributed by atoms with Crippen LogP contribution >= 0.6 is 67.8 Å². The molecule has 0 aliphatic carbocycles. The van der Waals surface area contributed by atoms with Crippen LogP contribution < -0.4 is 10.5 Å². The number of rotatable bonds is 3. The van der Waals surface area contributed by atoms with Crippen LogP contribution in [0.3, 0.4) is 0 Å². The van der Waals surface area contributed by atoms with E-state index in [0.717, 1.165) is 12.9 Å². The van der Waals surface area contributed by atoms with Gasteiger partial charge in [-0.1, -0.05) is 0 Å². The minimum absolute atomic E-state index is 0.554. The van der Waals surface area contributed by atoms with Crippen molar-refractivity contribution in [2.24, 2.45) is 5.73 Å². The molecule has 5 heteroatoms. The highest BCUT2D eigenvalue weighted by Gasteiger charge is 2.06. The number of ether oxygens (including phenoxy) is 1. The van der Waals surface area contributed by atoms with Crippen LogP contribution in [-0.4, -0.2) is 13.2 Å². The average Bonchev–Trinajstić information content (AvgIpc) is 2.02. The summed E-state index contributed by atoms with van der Waals surface area (Å²) < 4.78 is 9.04. The van der Waals surface area contributed by atoms with Gasteiger partial charge in [-0.15, -0.1) is 0 Å². The molecule has 0 aliphatic heterocycles. The highest BCUT2D eigenvalue weighted by atomic mass is 127. The zero-order valence-electron chi connectivity index (χ0n) is 6.69. The highest BCUT2D eigenvalue weighted by molar-refractivity contribution is 14.1. The van der Waals surface area contributed by atoms with Crippen LogP contribution in [0.1, 0.15) is 0 Å². The summed E-state index contributed by atoms with van der Waals surface area (Å²) in [7, 11) is 0. The van der Waals surface area contributed by atoms with Crippen LogP contribution in [0.4, 0.5) is 0 Å². The van der Waals surface area contributed by atoms with Crippen molar-refractivity contribution in [1.82, 2.24) is 0 Å². The van der Waals surface area contributed by atoms with Crippen molar-refractivity contribution in [1.29, 1.82) is 0 Å². The molecule has 0 aliphatic rings. The monoisotopic (exact) mass is 515 g/mol. The maximum atomic E-state index is 5.53. The third-order valence-corrected chi connectivity index (χ3v) is 3.55. The molecular formula is C8H8I3NO. The first-order chi connectivity index (χ1) is 6.15. The van der Waals surface area contributed by atoms with Gasteiger partial charge in [0.1, 0.15) is 12.4 Å². The Kier molecular flexibility index (Phi) is 5.56. The van der Waals surface area contributed by atoms with Gasteiger partial charge < -0.3 is 10.5 Å². The third-order valence-electron chi connectivity index (χ3n) is 1.33. The first kappa shape index (κ1) is 12.2. The van der Waals surface area contributed by atoms with Gasteiger partial charge in [0.05, 0.1) is 7.14 Å². The van der Waals surface area contributed by atoms with Gasteiger partial charge >= 0.3 is 0 Å². The summed E-state index contributed by atoms with van der Waals surface area (Å²) in [5.74, 6) is 0.951. The molecule has 0 fully saturated rings. The minimum Gasteiger partial charge on any atom is -0.490 e. The summed E-state index contributed by atoms with van der Waals surface area (Å²) in [5.41, 5.74) is 5.38. The zero-order chi connectivity index (χ0) is 9.84. The Morgan fingerprint density at radius 3 is 2.15 bits per heavy atom. The van der Waals surface area contributed by atoms with Gasteiger partial charge in [0, 0.05) is 10.1 Å². The van der Waals surface area contributed by atoms with Crippen LogP contribution in [0.5, 0.6) is 5.75 Å². The van der Waals surface area contributed by atoms with E-state index in [2.05, 4.69) is 79.9 Å². The molecule has 0 atom stereocenters. The van der Waals surface area contributed by atoms with E-state index >= 15 is 0 Å². The van der Waals surface area contributed by atoms with Crippen LogP contribution in [-0.2, 0) is 0 Å². The first-order valence-electron chi connectivity index (χ1n) is 3.62. The van der Waals surface area contributed by atoms with Gasteiger partial charge in [0.25, 0.3) is 0 Å². The van der Waals surface area contributed by atoms with E-state index in [0.29, 0.717) is 13.2 Å². The van der Waals surface area contributed by atoms with E-state index in [9.17, 15) is 0 Å². The van der Waals surface area contributed by atoms with Crippen molar-refractivity contribution in [3.05, 3.63) is 22.8 Å². The molecule has 1 aromatic carbocycles. The second kappa shape index (κ2) is 5.91. The molecule has 2 nitrogen and oxygen atoms in total. The van der Waals surface area contributed by atoms with Crippen molar-refractivity contribution in [3.8, 4) is 5.75 Å². The second-order valence-electron chi connectivity index (χ2n) is 2.34. The van der Waals surface area contributed by atoms with Crippen LogP contribution in [0.15, 0.2) is 12.1 Å². The van der Waals surface area contributed by atoms with Crippen LogP contribution in [0, 0.1) is 10.7 Å². The van der Waals surface area contributed by atoms with Gasteiger partial charge in [-0.2, -0.15) is 0 Å². The fourth-order valence-corrected chi connectivity index (χ4v) is 4.72. The molecule has 72 valence electrons. The van der Waals surface area contributed by atoms with E-state index in [-0.39, 0.29) is 0 Å². The summed E-state index contributed by atoms with van der Waals surface area (Å²) in [6.07, 6.45) is 0. The van der Waals surface area contributed by atoms with E-state index in [1.54, 1.807) is 0 Å². The van der Waals surface area contributed by atoms with Crippen molar-refractivity contribution < 1.29 is 4.74 Å². The predicted octanol–water partition coefficient (Wildman–Crippen LogP) is 2.84. The topological polar surface area (TPSA) is 35.2 Å².